The second-order valence-corrected chi connectivity index (χ2v) is 8.75. The molecule has 0 aliphatic rings. The second-order valence-electron chi connectivity index (χ2n) is 7.90. The Balaban J connectivity index is 2.04. The minimum absolute atomic E-state index is 0.338. The molecule has 3 nitrogen and oxygen atoms in total. The topological polar surface area (TPSA) is 46.5 Å². The van der Waals surface area contributed by atoms with Crippen LogP contribution in [0.3, 0.4) is 0 Å². The van der Waals surface area contributed by atoms with Gasteiger partial charge in [0.25, 0.3) is 0 Å². The highest BCUT2D eigenvalue weighted by Gasteiger charge is 2.20. The number of unbranched alkanes of at least 4 members (excludes halogenated alkanes) is 13. The lowest BCUT2D eigenvalue weighted by Gasteiger charge is -2.16. The van der Waals surface area contributed by atoms with Crippen molar-refractivity contribution in [2.24, 2.45) is 0 Å². The van der Waals surface area contributed by atoms with Gasteiger partial charge in [-0.25, -0.2) is 4.79 Å². The predicted octanol–water partition coefficient (Wildman–Crippen LogP) is 8.70. The molecule has 0 fully saturated rings. The van der Waals surface area contributed by atoms with Crippen LogP contribution in [0.5, 0.6) is 5.75 Å². The van der Waals surface area contributed by atoms with E-state index in [9.17, 15) is 9.90 Å². The summed E-state index contributed by atoms with van der Waals surface area (Å²) in [6.07, 6.45) is 17.5. The number of rotatable bonds is 18. The minimum Gasteiger partial charge on any atom is -0.479 e. The van der Waals surface area contributed by atoms with Gasteiger partial charge in [0.15, 0.2) is 6.10 Å². The molecule has 0 aromatic heterocycles. The lowest BCUT2D eigenvalue weighted by atomic mass is 10.0. The SMILES string of the molecule is CCCCCCCCCCCCCCCCC(Oc1ccc(Cl)cc1Cl)C(=O)O. The van der Waals surface area contributed by atoms with Crippen LogP contribution < -0.4 is 4.74 Å². The van der Waals surface area contributed by atoms with Crippen LogP contribution in [0.15, 0.2) is 18.2 Å². The number of carbonyl (C=O) groups is 1. The van der Waals surface area contributed by atoms with E-state index in [0.29, 0.717) is 22.2 Å². The van der Waals surface area contributed by atoms with E-state index in [4.69, 9.17) is 27.9 Å². The molecule has 0 radical (unpaired) electrons. The van der Waals surface area contributed by atoms with Crippen molar-refractivity contribution in [1.29, 1.82) is 0 Å². The zero-order valence-electron chi connectivity index (χ0n) is 17.9. The Morgan fingerprint density at radius 2 is 1.34 bits per heavy atom. The highest BCUT2D eigenvalue weighted by atomic mass is 35.5. The lowest BCUT2D eigenvalue weighted by molar-refractivity contribution is -0.145. The van der Waals surface area contributed by atoms with E-state index in [-0.39, 0.29) is 0 Å². The molecule has 0 saturated carbocycles. The predicted molar refractivity (Wildman–Crippen MR) is 123 cm³/mol. The number of benzene rings is 1. The highest BCUT2D eigenvalue weighted by Crippen LogP contribution is 2.29. The van der Waals surface area contributed by atoms with Gasteiger partial charge in [-0.1, -0.05) is 114 Å². The van der Waals surface area contributed by atoms with Crippen LogP contribution in [0.4, 0.5) is 0 Å². The third-order valence-electron chi connectivity index (χ3n) is 5.26. The summed E-state index contributed by atoms with van der Waals surface area (Å²) in [6.45, 7) is 2.26. The summed E-state index contributed by atoms with van der Waals surface area (Å²) in [7, 11) is 0. The van der Waals surface area contributed by atoms with Crippen LogP contribution in [0.1, 0.15) is 103 Å². The Labute approximate surface area is 187 Å². The molecule has 0 aliphatic carbocycles. The van der Waals surface area contributed by atoms with Crippen LogP contribution >= 0.6 is 23.2 Å². The number of carboxylic acids is 1. The Kier molecular flexibility index (Phi) is 15.1. The van der Waals surface area contributed by atoms with E-state index in [1.165, 1.54) is 70.6 Å². The quantitative estimate of drug-likeness (QED) is 0.230. The fourth-order valence-corrected chi connectivity index (χ4v) is 3.93. The average Bonchev–Trinajstić information content (AvgIpc) is 2.68. The second kappa shape index (κ2) is 16.8. The molecule has 5 heteroatoms. The summed E-state index contributed by atoms with van der Waals surface area (Å²) >= 11 is 11.9. The first-order valence-corrected chi connectivity index (χ1v) is 12.1. The molecule has 1 unspecified atom stereocenters. The lowest BCUT2D eigenvalue weighted by Crippen LogP contribution is -2.27. The fourth-order valence-electron chi connectivity index (χ4n) is 3.48. The molecule has 0 bridgehead atoms. The molecule has 1 rings (SSSR count). The molecule has 1 atom stereocenters. The molecule has 1 N–H and O–H groups in total. The molecular formula is C24H38Cl2O3. The Hall–Kier alpha value is -0.930. The summed E-state index contributed by atoms with van der Waals surface area (Å²) in [5.74, 6) is -0.584. The molecule has 0 heterocycles. The number of hydrogen-bond acceptors (Lipinski definition) is 2. The Morgan fingerprint density at radius 3 is 1.79 bits per heavy atom. The summed E-state index contributed by atoms with van der Waals surface area (Å²) in [5.41, 5.74) is 0. The number of hydrogen-bond donors (Lipinski definition) is 1. The molecule has 0 spiro atoms. The van der Waals surface area contributed by atoms with Crippen molar-refractivity contribution in [1.82, 2.24) is 0 Å². The van der Waals surface area contributed by atoms with Crippen LogP contribution in [-0.4, -0.2) is 17.2 Å². The van der Waals surface area contributed by atoms with Gasteiger partial charge in [-0.05, 0) is 31.0 Å². The first-order chi connectivity index (χ1) is 14.0. The number of halogens is 2. The van der Waals surface area contributed by atoms with E-state index >= 15 is 0 Å². The van der Waals surface area contributed by atoms with Crippen LogP contribution in [0, 0.1) is 0 Å². The first-order valence-electron chi connectivity index (χ1n) is 11.4. The van der Waals surface area contributed by atoms with Crippen molar-refractivity contribution in [3.63, 3.8) is 0 Å². The zero-order valence-corrected chi connectivity index (χ0v) is 19.4. The normalized spacial score (nSPS) is 12.1. The van der Waals surface area contributed by atoms with Crippen LogP contribution in [0.2, 0.25) is 10.0 Å². The van der Waals surface area contributed by atoms with Gasteiger partial charge in [-0.15, -0.1) is 0 Å². The van der Waals surface area contributed by atoms with E-state index in [1.54, 1.807) is 18.2 Å². The summed E-state index contributed by atoms with van der Waals surface area (Å²) < 4.78 is 5.58. The molecule has 166 valence electrons. The van der Waals surface area contributed by atoms with E-state index in [0.717, 1.165) is 19.3 Å². The summed E-state index contributed by atoms with van der Waals surface area (Å²) in [5, 5.41) is 10.2. The summed E-state index contributed by atoms with van der Waals surface area (Å²) in [6, 6.07) is 4.82. The van der Waals surface area contributed by atoms with Crippen molar-refractivity contribution in [2.75, 3.05) is 0 Å². The number of ether oxygens (including phenoxy) is 1. The number of aliphatic carboxylic acids is 1. The fraction of sp³-hybridized carbons (Fsp3) is 0.708. The van der Waals surface area contributed by atoms with Crippen LogP contribution in [-0.2, 0) is 4.79 Å². The summed E-state index contributed by atoms with van der Waals surface area (Å²) in [4.78, 5) is 11.5. The van der Waals surface area contributed by atoms with E-state index < -0.39 is 12.1 Å². The molecule has 0 aliphatic heterocycles. The van der Waals surface area contributed by atoms with Crippen molar-refractivity contribution < 1.29 is 14.6 Å². The maximum atomic E-state index is 11.5. The zero-order chi connectivity index (χ0) is 21.3. The molecule has 29 heavy (non-hydrogen) atoms. The van der Waals surface area contributed by atoms with Gasteiger partial charge in [-0.2, -0.15) is 0 Å². The third-order valence-corrected chi connectivity index (χ3v) is 5.79. The van der Waals surface area contributed by atoms with Crippen molar-refractivity contribution in [3.8, 4) is 5.75 Å². The van der Waals surface area contributed by atoms with Gasteiger partial charge in [0.1, 0.15) is 5.75 Å². The van der Waals surface area contributed by atoms with Gasteiger partial charge in [0, 0.05) is 5.02 Å². The van der Waals surface area contributed by atoms with Crippen molar-refractivity contribution >= 4 is 29.2 Å². The molecule has 0 saturated heterocycles. The average molecular weight is 445 g/mol. The van der Waals surface area contributed by atoms with Gasteiger partial charge in [0.2, 0.25) is 0 Å². The van der Waals surface area contributed by atoms with Gasteiger partial charge in [-0.3, -0.25) is 0 Å². The van der Waals surface area contributed by atoms with Crippen molar-refractivity contribution in [3.05, 3.63) is 28.2 Å². The molecule has 0 amide bonds. The standard InChI is InChI=1S/C24H38Cl2O3/c1-2-3-4-5-6-7-8-9-10-11-12-13-14-15-16-23(24(27)28)29-22-18-17-20(25)19-21(22)26/h17-19,23H,2-16H2,1H3,(H,27,28). The monoisotopic (exact) mass is 444 g/mol. The largest absolute Gasteiger partial charge is 0.479 e. The third kappa shape index (κ3) is 13.1. The Morgan fingerprint density at radius 1 is 0.862 bits per heavy atom. The van der Waals surface area contributed by atoms with Gasteiger partial charge >= 0.3 is 5.97 Å². The maximum absolute atomic E-state index is 11.5. The van der Waals surface area contributed by atoms with Crippen LogP contribution in [0.25, 0.3) is 0 Å². The first kappa shape index (κ1) is 26.1. The van der Waals surface area contributed by atoms with E-state index in [1.807, 2.05) is 0 Å². The van der Waals surface area contributed by atoms with Crippen molar-refractivity contribution in [2.45, 2.75) is 109 Å². The minimum atomic E-state index is -0.953. The Bertz CT molecular complexity index is 563. The number of carboxylic acid groups (broad SMARTS) is 1. The molecule has 1 aromatic rings. The molecular weight excluding hydrogens is 407 g/mol. The highest BCUT2D eigenvalue weighted by molar-refractivity contribution is 6.35. The molecule has 1 aromatic carbocycles. The maximum Gasteiger partial charge on any atom is 0.344 e. The van der Waals surface area contributed by atoms with E-state index in [2.05, 4.69) is 6.92 Å². The van der Waals surface area contributed by atoms with Gasteiger partial charge < -0.3 is 9.84 Å². The van der Waals surface area contributed by atoms with Gasteiger partial charge in [0.05, 0.1) is 5.02 Å². The smallest absolute Gasteiger partial charge is 0.344 e.